The van der Waals surface area contributed by atoms with Gasteiger partial charge in [0.25, 0.3) is 0 Å². The Kier molecular flexibility index (Phi) is 3.92. The van der Waals surface area contributed by atoms with Gasteiger partial charge in [0.1, 0.15) is 23.5 Å². The van der Waals surface area contributed by atoms with Gasteiger partial charge >= 0.3 is 0 Å². The predicted octanol–water partition coefficient (Wildman–Crippen LogP) is 1.74. The van der Waals surface area contributed by atoms with Gasteiger partial charge in [0.2, 0.25) is 0 Å². The highest BCUT2D eigenvalue weighted by molar-refractivity contribution is 7.99. The number of aromatic amines is 1. The monoisotopic (exact) mass is 250 g/mol. The molecule has 0 radical (unpaired) electrons. The minimum absolute atomic E-state index is 0.737. The molecule has 7 heteroatoms. The van der Waals surface area contributed by atoms with Crippen LogP contribution in [-0.2, 0) is 6.42 Å². The summed E-state index contributed by atoms with van der Waals surface area (Å²) in [5.41, 5.74) is 1.11. The Hall–Kier alpha value is -1.63. The van der Waals surface area contributed by atoms with Crippen molar-refractivity contribution in [3.8, 4) is 0 Å². The Labute approximate surface area is 104 Å². The van der Waals surface area contributed by atoms with Crippen LogP contribution in [0.4, 0.5) is 5.82 Å². The summed E-state index contributed by atoms with van der Waals surface area (Å²) in [5, 5.41) is 11.5. The summed E-state index contributed by atoms with van der Waals surface area (Å²) in [6.07, 6.45) is 3.93. The molecule has 90 valence electrons. The molecule has 0 bridgehead atoms. The fourth-order valence-electron chi connectivity index (χ4n) is 1.46. The molecular formula is C10H14N6S. The van der Waals surface area contributed by atoms with Gasteiger partial charge in [-0.15, -0.1) is 0 Å². The first-order chi connectivity index (χ1) is 8.35. The molecule has 0 aliphatic heterocycles. The molecule has 2 aromatic heterocycles. The first-order valence-electron chi connectivity index (χ1n) is 5.46. The number of nitrogens with zero attached hydrogens (tertiary/aromatic N) is 4. The third-order valence-electron chi connectivity index (χ3n) is 2.19. The van der Waals surface area contributed by atoms with Crippen molar-refractivity contribution < 1.29 is 0 Å². The summed E-state index contributed by atoms with van der Waals surface area (Å²) in [4.78, 5) is 12.6. The lowest BCUT2D eigenvalue weighted by Gasteiger charge is -2.10. The summed E-state index contributed by atoms with van der Waals surface area (Å²) in [7, 11) is 0. The lowest BCUT2D eigenvalue weighted by molar-refractivity contribution is 0.922. The molecule has 2 N–H and O–H groups in total. The Morgan fingerprint density at radius 3 is 2.76 bits per heavy atom. The van der Waals surface area contributed by atoms with Crippen LogP contribution in [-0.4, -0.2) is 31.7 Å². The molecule has 0 saturated heterocycles. The van der Waals surface area contributed by atoms with Gasteiger partial charge in [-0.2, -0.15) is 5.10 Å². The number of anilines is 1. The van der Waals surface area contributed by atoms with E-state index in [1.54, 1.807) is 6.33 Å². The van der Waals surface area contributed by atoms with Crippen molar-refractivity contribution in [1.82, 2.24) is 25.1 Å². The van der Waals surface area contributed by atoms with E-state index in [2.05, 4.69) is 37.4 Å². The summed E-state index contributed by atoms with van der Waals surface area (Å²) < 4.78 is 0. The van der Waals surface area contributed by atoms with E-state index in [1.165, 1.54) is 18.1 Å². The van der Waals surface area contributed by atoms with Gasteiger partial charge in [0.15, 0.2) is 5.16 Å². The largest absolute Gasteiger partial charge is 0.370 e. The van der Waals surface area contributed by atoms with E-state index in [-0.39, 0.29) is 0 Å². The SMILES string of the molecule is CCNc1ncnc(Sc2ncn[nH]2)c1CC. The molecule has 0 aliphatic rings. The van der Waals surface area contributed by atoms with E-state index in [9.17, 15) is 0 Å². The van der Waals surface area contributed by atoms with Gasteiger partial charge < -0.3 is 5.32 Å². The van der Waals surface area contributed by atoms with Crippen LogP contribution in [0, 0.1) is 0 Å². The van der Waals surface area contributed by atoms with Crippen molar-refractivity contribution in [2.75, 3.05) is 11.9 Å². The van der Waals surface area contributed by atoms with Crippen LogP contribution < -0.4 is 5.32 Å². The Balaban J connectivity index is 2.29. The van der Waals surface area contributed by atoms with Crippen LogP contribution in [0.1, 0.15) is 19.4 Å². The maximum atomic E-state index is 4.29. The second kappa shape index (κ2) is 5.62. The highest BCUT2D eigenvalue weighted by Gasteiger charge is 2.11. The van der Waals surface area contributed by atoms with E-state index < -0.39 is 0 Å². The molecule has 0 atom stereocenters. The molecule has 0 amide bonds. The molecule has 0 spiro atoms. The average molecular weight is 250 g/mol. The first-order valence-corrected chi connectivity index (χ1v) is 6.27. The zero-order valence-corrected chi connectivity index (χ0v) is 10.6. The van der Waals surface area contributed by atoms with Crippen molar-refractivity contribution in [2.24, 2.45) is 0 Å². The minimum Gasteiger partial charge on any atom is -0.370 e. The molecule has 0 unspecified atom stereocenters. The molecule has 0 fully saturated rings. The topological polar surface area (TPSA) is 79.4 Å². The molecular weight excluding hydrogens is 236 g/mol. The zero-order valence-electron chi connectivity index (χ0n) is 9.77. The Morgan fingerprint density at radius 2 is 2.12 bits per heavy atom. The maximum absolute atomic E-state index is 4.29. The van der Waals surface area contributed by atoms with Gasteiger partial charge in [-0.3, -0.25) is 5.10 Å². The third-order valence-corrected chi connectivity index (χ3v) is 3.13. The van der Waals surface area contributed by atoms with Crippen molar-refractivity contribution >= 4 is 17.6 Å². The molecule has 17 heavy (non-hydrogen) atoms. The van der Waals surface area contributed by atoms with E-state index in [4.69, 9.17) is 0 Å². The lowest BCUT2D eigenvalue weighted by atomic mass is 10.2. The highest BCUT2D eigenvalue weighted by Crippen LogP contribution is 2.28. The summed E-state index contributed by atoms with van der Waals surface area (Å²) in [6.45, 7) is 4.98. The van der Waals surface area contributed by atoms with Gasteiger partial charge in [-0.05, 0) is 25.1 Å². The number of hydrogen-bond donors (Lipinski definition) is 2. The van der Waals surface area contributed by atoms with Crippen LogP contribution in [0.25, 0.3) is 0 Å². The fraction of sp³-hybridized carbons (Fsp3) is 0.400. The average Bonchev–Trinajstić information content (AvgIpc) is 2.83. The molecule has 0 aliphatic carbocycles. The maximum Gasteiger partial charge on any atom is 0.189 e. The van der Waals surface area contributed by atoms with Crippen molar-refractivity contribution in [1.29, 1.82) is 0 Å². The van der Waals surface area contributed by atoms with Crippen LogP contribution >= 0.6 is 11.8 Å². The molecule has 2 heterocycles. The van der Waals surface area contributed by atoms with Gasteiger partial charge in [-0.25, -0.2) is 15.0 Å². The standard InChI is InChI=1S/C10H14N6S/c1-3-7-8(11-4-2)12-5-13-9(7)17-10-14-6-15-16-10/h5-6H,3-4H2,1-2H3,(H,11,12,13)(H,14,15,16). The third kappa shape index (κ3) is 2.73. The normalized spacial score (nSPS) is 10.5. The van der Waals surface area contributed by atoms with Crippen molar-refractivity contribution in [3.05, 3.63) is 18.2 Å². The number of nitrogens with one attached hydrogen (secondary N) is 2. The second-order valence-electron chi connectivity index (χ2n) is 3.28. The zero-order chi connectivity index (χ0) is 12.1. The fourth-order valence-corrected chi connectivity index (χ4v) is 2.30. The summed E-state index contributed by atoms with van der Waals surface area (Å²) >= 11 is 1.47. The molecule has 6 nitrogen and oxygen atoms in total. The smallest absolute Gasteiger partial charge is 0.189 e. The number of aromatic nitrogens is 5. The van der Waals surface area contributed by atoms with Crippen molar-refractivity contribution in [3.63, 3.8) is 0 Å². The van der Waals surface area contributed by atoms with Gasteiger partial charge in [-0.1, -0.05) is 6.92 Å². The highest BCUT2D eigenvalue weighted by atomic mass is 32.2. The number of rotatable bonds is 5. The van der Waals surface area contributed by atoms with E-state index in [0.29, 0.717) is 0 Å². The van der Waals surface area contributed by atoms with Crippen LogP contribution in [0.15, 0.2) is 22.8 Å². The minimum atomic E-state index is 0.737. The quantitative estimate of drug-likeness (QED) is 0.787. The van der Waals surface area contributed by atoms with E-state index >= 15 is 0 Å². The first kappa shape index (κ1) is 11.8. The van der Waals surface area contributed by atoms with Crippen molar-refractivity contribution in [2.45, 2.75) is 30.5 Å². The Bertz CT molecular complexity index is 470. The summed E-state index contributed by atoms with van der Waals surface area (Å²) in [6, 6.07) is 0. The number of H-pyrrole nitrogens is 1. The predicted molar refractivity (Wildman–Crippen MR) is 66.1 cm³/mol. The summed E-state index contributed by atoms with van der Waals surface area (Å²) in [5.74, 6) is 0.895. The van der Waals surface area contributed by atoms with Gasteiger partial charge in [0.05, 0.1) is 0 Å². The number of hydrogen-bond acceptors (Lipinski definition) is 6. The molecule has 2 aromatic rings. The van der Waals surface area contributed by atoms with Gasteiger partial charge in [0, 0.05) is 12.1 Å². The Morgan fingerprint density at radius 1 is 1.24 bits per heavy atom. The van der Waals surface area contributed by atoms with Crippen LogP contribution in [0.3, 0.4) is 0 Å². The van der Waals surface area contributed by atoms with E-state index in [0.717, 1.165) is 34.5 Å². The van der Waals surface area contributed by atoms with E-state index in [1.807, 2.05) is 6.92 Å². The second-order valence-corrected chi connectivity index (χ2v) is 4.26. The van der Waals surface area contributed by atoms with Crippen LogP contribution in [0.2, 0.25) is 0 Å². The molecule has 0 aromatic carbocycles. The molecule has 2 rings (SSSR count). The molecule has 0 saturated carbocycles. The van der Waals surface area contributed by atoms with Crippen LogP contribution in [0.5, 0.6) is 0 Å². The lowest BCUT2D eigenvalue weighted by Crippen LogP contribution is -2.05.